The first-order chi connectivity index (χ1) is 6.15. The molecule has 1 saturated carbocycles. The van der Waals surface area contributed by atoms with Crippen molar-refractivity contribution in [3.05, 3.63) is 12.7 Å². The number of hydrogen-bond acceptors (Lipinski definition) is 1. The maximum atomic E-state index is 8.56. The molecule has 0 amide bonds. The summed E-state index contributed by atoms with van der Waals surface area (Å²) in [5.74, 6) is 0. The molecular formula is C10H20O3. The van der Waals surface area contributed by atoms with Crippen LogP contribution in [0.2, 0.25) is 0 Å². The van der Waals surface area contributed by atoms with E-state index in [1.165, 1.54) is 38.5 Å². The molecule has 0 radical (unpaired) electrons. The molecule has 2 N–H and O–H groups in total. The van der Waals surface area contributed by atoms with Crippen molar-refractivity contribution in [1.29, 1.82) is 0 Å². The van der Waals surface area contributed by atoms with E-state index in [1.807, 2.05) is 6.92 Å². The highest BCUT2D eigenvalue weighted by Crippen LogP contribution is 2.15. The van der Waals surface area contributed by atoms with Gasteiger partial charge in [0.2, 0.25) is 0 Å². The standard InChI is InChI=1S/C6H12.C3H6.CH2O3/c1-2-4-6-5-3-1;1-3-2;2-1(3)4/h1-6H2;3H,1H2,2H3;(H2,2,3,4). The molecule has 0 aromatic rings. The zero-order valence-corrected chi connectivity index (χ0v) is 8.33. The van der Waals surface area contributed by atoms with E-state index < -0.39 is 6.16 Å². The summed E-state index contributed by atoms with van der Waals surface area (Å²) >= 11 is 0. The summed E-state index contributed by atoms with van der Waals surface area (Å²) < 4.78 is 0. The van der Waals surface area contributed by atoms with Gasteiger partial charge in [0.05, 0.1) is 0 Å². The maximum Gasteiger partial charge on any atom is 0.503 e. The highest BCUT2D eigenvalue weighted by molar-refractivity contribution is 5.53. The molecule has 13 heavy (non-hydrogen) atoms. The average Bonchev–Trinajstić information content (AvgIpc) is 2.08. The Morgan fingerprint density at radius 2 is 1.15 bits per heavy atom. The van der Waals surface area contributed by atoms with E-state index in [9.17, 15) is 0 Å². The Kier molecular flexibility index (Phi) is 15.2. The normalized spacial score (nSPS) is 13.9. The second kappa shape index (κ2) is 13.6. The molecule has 0 bridgehead atoms. The van der Waals surface area contributed by atoms with Gasteiger partial charge in [-0.3, -0.25) is 0 Å². The largest absolute Gasteiger partial charge is 0.503 e. The van der Waals surface area contributed by atoms with Crippen LogP contribution in [0.1, 0.15) is 45.4 Å². The van der Waals surface area contributed by atoms with Crippen LogP contribution in [0, 0.1) is 0 Å². The summed E-state index contributed by atoms with van der Waals surface area (Å²) in [6, 6.07) is 0. The van der Waals surface area contributed by atoms with Crippen LogP contribution >= 0.6 is 0 Å². The molecule has 1 aliphatic rings. The molecule has 1 aliphatic carbocycles. The Bertz CT molecular complexity index is 102. The van der Waals surface area contributed by atoms with E-state index in [0.717, 1.165) is 0 Å². The lowest BCUT2D eigenvalue weighted by Crippen LogP contribution is -1.85. The van der Waals surface area contributed by atoms with Crippen molar-refractivity contribution in [3.63, 3.8) is 0 Å². The van der Waals surface area contributed by atoms with Crippen molar-refractivity contribution in [3.8, 4) is 0 Å². The van der Waals surface area contributed by atoms with Crippen molar-refractivity contribution in [2.24, 2.45) is 0 Å². The smallest absolute Gasteiger partial charge is 0.450 e. The highest BCUT2D eigenvalue weighted by Gasteiger charge is 1.95. The molecule has 0 spiro atoms. The van der Waals surface area contributed by atoms with Gasteiger partial charge >= 0.3 is 6.16 Å². The zero-order chi connectivity index (χ0) is 10.5. The van der Waals surface area contributed by atoms with Crippen LogP contribution < -0.4 is 0 Å². The minimum absolute atomic E-state index is 1.50. The number of carbonyl (C=O) groups is 1. The molecule has 0 atom stereocenters. The van der Waals surface area contributed by atoms with Gasteiger partial charge in [-0.25, -0.2) is 4.79 Å². The van der Waals surface area contributed by atoms with E-state index in [0.29, 0.717) is 0 Å². The van der Waals surface area contributed by atoms with Crippen molar-refractivity contribution in [2.45, 2.75) is 45.4 Å². The van der Waals surface area contributed by atoms with Gasteiger partial charge in [-0.05, 0) is 6.92 Å². The molecule has 0 aliphatic heterocycles. The van der Waals surface area contributed by atoms with Gasteiger partial charge in [0.25, 0.3) is 0 Å². The first kappa shape index (κ1) is 14.5. The first-order valence-electron chi connectivity index (χ1n) is 4.64. The Hall–Kier alpha value is -0.990. The average molecular weight is 188 g/mol. The molecule has 1 rings (SSSR count). The fourth-order valence-corrected chi connectivity index (χ4v) is 1.06. The van der Waals surface area contributed by atoms with Gasteiger partial charge < -0.3 is 10.2 Å². The van der Waals surface area contributed by atoms with Crippen LogP contribution in [-0.2, 0) is 0 Å². The summed E-state index contributed by atoms with van der Waals surface area (Å²) in [5, 5.41) is 13.9. The van der Waals surface area contributed by atoms with Crippen LogP contribution in [0.25, 0.3) is 0 Å². The molecular weight excluding hydrogens is 168 g/mol. The summed E-state index contributed by atoms with van der Waals surface area (Å²) in [6.07, 6.45) is 8.92. The number of rotatable bonds is 0. The Balaban J connectivity index is 0. The molecule has 3 nitrogen and oxygen atoms in total. The van der Waals surface area contributed by atoms with Crippen LogP contribution in [0.15, 0.2) is 12.7 Å². The van der Waals surface area contributed by atoms with Crippen LogP contribution in [0.4, 0.5) is 4.79 Å². The second-order valence-corrected chi connectivity index (χ2v) is 2.81. The molecule has 3 heteroatoms. The second-order valence-electron chi connectivity index (χ2n) is 2.81. The molecule has 0 aromatic carbocycles. The summed E-state index contributed by atoms with van der Waals surface area (Å²) in [4.78, 5) is 8.56. The van der Waals surface area contributed by atoms with Crippen molar-refractivity contribution < 1.29 is 15.0 Å². The molecule has 0 aromatic heterocycles. The molecule has 0 saturated heterocycles. The third-order valence-corrected chi connectivity index (χ3v) is 1.50. The van der Waals surface area contributed by atoms with Gasteiger partial charge in [0, 0.05) is 0 Å². The Morgan fingerprint density at radius 1 is 1.08 bits per heavy atom. The Morgan fingerprint density at radius 3 is 1.23 bits per heavy atom. The van der Waals surface area contributed by atoms with Gasteiger partial charge in [-0.2, -0.15) is 0 Å². The minimum atomic E-state index is -1.83. The lowest BCUT2D eigenvalue weighted by atomic mass is 10.0. The minimum Gasteiger partial charge on any atom is -0.450 e. The third kappa shape index (κ3) is 35.6. The predicted octanol–water partition coefficient (Wildman–Crippen LogP) is 3.76. The fourth-order valence-electron chi connectivity index (χ4n) is 1.06. The van der Waals surface area contributed by atoms with Crippen molar-refractivity contribution in [1.82, 2.24) is 0 Å². The predicted molar refractivity (Wildman–Crippen MR) is 54.2 cm³/mol. The molecule has 1 fully saturated rings. The van der Waals surface area contributed by atoms with Gasteiger partial charge in [-0.15, -0.1) is 6.58 Å². The van der Waals surface area contributed by atoms with Gasteiger partial charge in [0.15, 0.2) is 0 Å². The van der Waals surface area contributed by atoms with E-state index in [1.54, 1.807) is 6.08 Å². The Labute approximate surface area is 80.1 Å². The lowest BCUT2D eigenvalue weighted by Gasteiger charge is -2.05. The fraction of sp³-hybridized carbons (Fsp3) is 0.700. The van der Waals surface area contributed by atoms with Gasteiger partial charge in [0.1, 0.15) is 0 Å². The molecule has 78 valence electrons. The van der Waals surface area contributed by atoms with E-state index >= 15 is 0 Å². The lowest BCUT2D eigenvalue weighted by molar-refractivity contribution is 0.137. The number of hydrogen-bond donors (Lipinski definition) is 2. The molecule has 0 heterocycles. The van der Waals surface area contributed by atoms with Gasteiger partial charge in [-0.1, -0.05) is 44.6 Å². The van der Waals surface area contributed by atoms with E-state index in [-0.39, 0.29) is 0 Å². The highest BCUT2D eigenvalue weighted by atomic mass is 16.6. The van der Waals surface area contributed by atoms with Crippen LogP contribution in [0.3, 0.4) is 0 Å². The summed E-state index contributed by atoms with van der Waals surface area (Å²) in [5.41, 5.74) is 0. The van der Waals surface area contributed by atoms with E-state index in [2.05, 4.69) is 6.58 Å². The summed E-state index contributed by atoms with van der Waals surface area (Å²) in [7, 11) is 0. The van der Waals surface area contributed by atoms with E-state index in [4.69, 9.17) is 15.0 Å². The van der Waals surface area contributed by atoms with Crippen molar-refractivity contribution >= 4 is 6.16 Å². The summed E-state index contributed by atoms with van der Waals surface area (Å²) in [6.45, 7) is 5.25. The third-order valence-electron chi connectivity index (χ3n) is 1.50. The maximum absolute atomic E-state index is 8.56. The monoisotopic (exact) mass is 188 g/mol. The number of allylic oxidation sites excluding steroid dienone is 1. The first-order valence-corrected chi connectivity index (χ1v) is 4.64. The SMILES string of the molecule is C1CCCCC1.C=CC.O=C(O)O. The topological polar surface area (TPSA) is 57.5 Å². The number of carboxylic acid groups (broad SMARTS) is 2. The van der Waals surface area contributed by atoms with Crippen molar-refractivity contribution in [2.75, 3.05) is 0 Å². The van der Waals surface area contributed by atoms with Crippen LogP contribution in [0.5, 0.6) is 0 Å². The quantitative estimate of drug-likeness (QED) is 0.569. The molecule has 0 unspecified atom stereocenters. The zero-order valence-electron chi connectivity index (χ0n) is 8.33. The van der Waals surface area contributed by atoms with Crippen LogP contribution in [-0.4, -0.2) is 16.4 Å².